The SMILES string of the molecule is [2H]c1c([2H])c([2H])c(N(c2cc3c4c(c2)N(c2c([2H])c([2H])c(C(C)(C)C)c([2H])c2[2H])c2c(oc5c([2H])c([2H])c(C(C)(C)C)c([2H])c25)B4c2c([2H])c([2H])c(C(C)(C)c4c([2H])c([2H])c([2H])c([2H])c4[2H])c([2H])c2N3c2c([2H])c([2H])c(C(C)(C)C)c([2H])c2[2H])c2c([2H])c([2H])c([2H])c([2H])c2[2H])c([2H])c1[2H].[2H]c1c([2H])c([2H])c(N(c2cc3c4c(c2)N(c2c([2H])c([2H])c(C(C)(C)C)c([2H])c2[2H])c2c(sc5c([2H])c([2H])c(C(C)(C)C)c([2H])c25)B4c2c([2H])c([2H])c(C(C)(C)c4c([2H])c([2H])c([2H])c([2H])c4[2H])c([2H])c2N3c2c([2H])c([2H])c(C(C)(C)C)c([2H])c2[2H])c2c([2H])c([2H])c([2H])c([2H])c2[2H])c([2H])c1[2H]. The monoisotopic (exact) mass is 1900 g/mol. The normalized spacial score (nSPS) is 19.4. The molecule has 2 aromatic heterocycles. The number of rotatable bonds is 14. The van der Waals surface area contributed by atoms with Gasteiger partial charge in [0.15, 0.2) is 0 Å². The van der Waals surface area contributed by atoms with Crippen LogP contribution in [0.1, 0.15) is 287 Å². The van der Waals surface area contributed by atoms with Gasteiger partial charge in [-0.15, -0.1) is 11.3 Å². The van der Waals surface area contributed by atoms with Gasteiger partial charge in [-0.1, -0.05) is 370 Å². The maximum atomic E-state index is 10.9. The summed E-state index contributed by atoms with van der Waals surface area (Å²) in [5, 5.41) is -0.477. The van der Waals surface area contributed by atoms with E-state index in [0.717, 1.165) is 54.0 Å². The molecule has 22 rings (SSSR count). The summed E-state index contributed by atoms with van der Waals surface area (Å²) in [4.78, 5) is 5.82. The summed E-state index contributed by atoms with van der Waals surface area (Å²) in [7, 11) is 0. The van der Waals surface area contributed by atoms with E-state index >= 15 is 0 Å². The first-order valence-electron chi connectivity index (χ1n) is 74.4. The van der Waals surface area contributed by atoms with Gasteiger partial charge in [0, 0.05) is 111 Å². The number of benzene rings is 16. The third kappa shape index (κ3) is 16.4. The molecule has 0 saturated heterocycles. The van der Waals surface area contributed by atoms with Crippen LogP contribution in [0.25, 0.3) is 21.1 Å². The first kappa shape index (κ1) is 47.3. The van der Waals surface area contributed by atoms with Crippen LogP contribution >= 0.6 is 11.3 Å². The quantitative estimate of drug-likeness (QED) is 0.100. The summed E-state index contributed by atoms with van der Waals surface area (Å²) in [5.41, 5.74) is -26.3. The van der Waals surface area contributed by atoms with E-state index in [1.165, 1.54) is 38.7 Å². The van der Waals surface area contributed by atoms with Crippen LogP contribution in [-0.4, -0.2) is 13.4 Å². The smallest absolute Gasteiger partial charge is 0.297 e. The first-order valence-corrected chi connectivity index (χ1v) is 46.2. The number of anilines is 18. The fourth-order valence-electron chi connectivity index (χ4n) is 17.4. The van der Waals surface area contributed by atoms with E-state index in [0.29, 0.717) is 0 Å². The molecule has 4 aliphatic rings. The van der Waals surface area contributed by atoms with Gasteiger partial charge in [-0.3, -0.25) is 0 Å². The average Bonchev–Trinajstić information content (AvgIpc) is 1.39. The fourth-order valence-corrected chi connectivity index (χ4v) is 18.6. The number of thiophene rings is 1. The van der Waals surface area contributed by atoms with Crippen molar-refractivity contribution in [3.8, 4) is 0 Å². The van der Waals surface area contributed by atoms with Crippen LogP contribution in [0.4, 0.5) is 102 Å². The molecule has 140 heavy (non-hydrogen) atoms. The molecule has 16 aromatic carbocycles. The van der Waals surface area contributed by atoms with Gasteiger partial charge in [0.05, 0.1) is 108 Å². The molecule has 0 N–H and O–H groups in total. The van der Waals surface area contributed by atoms with E-state index in [1.807, 2.05) is 0 Å². The van der Waals surface area contributed by atoms with Crippen molar-refractivity contribution in [3.63, 3.8) is 0 Å². The summed E-state index contributed by atoms with van der Waals surface area (Å²) in [5.74, 6) is 0. The van der Waals surface area contributed by atoms with Crippen molar-refractivity contribution >= 4 is 180 Å². The summed E-state index contributed by atoms with van der Waals surface area (Å²) < 4.78 is 563. The predicted molar refractivity (Wildman–Crippen MR) is 605 cm³/mol. The highest BCUT2D eigenvalue weighted by Gasteiger charge is 2.51. The summed E-state index contributed by atoms with van der Waals surface area (Å²) in [6.07, 6.45) is 0. The van der Waals surface area contributed by atoms with Gasteiger partial charge < -0.3 is 33.8 Å². The molecular weight excluding hydrogens is 1720 g/mol. The highest BCUT2D eigenvalue weighted by atomic mass is 32.1. The number of hydrogen-bond acceptors (Lipinski definition) is 8. The first-order chi connectivity index (χ1) is 90.9. The Morgan fingerprint density at radius 3 is 0.886 bits per heavy atom. The Kier molecular flexibility index (Phi) is 11.6. The van der Waals surface area contributed by atoms with Gasteiger partial charge in [-0.25, -0.2) is 0 Å². The molecule has 18 aromatic rings. The van der Waals surface area contributed by atoms with Crippen molar-refractivity contribution in [3.05, 3.63) is 430 Å². The van der Waals surface area contributed by atoms with Gasteiger partial charge in [0.1, 0.15) is 5.58 Å². The lowest BCUT2D eigenvalue weighted by Crippen LogP contribution is -2.61. The van der Waals surface area contributed by atoms with Crippen molar-refractivity contribution in [2.45, 2.75) is 196 Å². The zero-order chi connectivity index (χ0) is 148. The Hall–Kier alpha value is -14.1. The molecule has 6 heterocycles. The standard InChI is InChI=1S/C65H64BN3O.C65H64BN3S/c2*1-62(2,3)43-27-33-50(34-28-43)68-55-40-47(65(10,11)45-21-15-12-16-22-45)31-37-54(55)66-59-56(68)41-52(67(48-23-17-13-18-24-48)49-25-19-14-20-26-49)42-57(59)69(51-35-29-44(30-36-51)63(4,5)6)60-53-39-46(64(7,8)9)32-38-58(53)70-61(60)66/h2*12-42H,1-11H3/i2*12D,13D,14D,15D,16D,17D,18D,19D,20D,21D,22D,23D,24D,25D,26D,27D,28D,29D,30D,31D,32D,33D,34D,35D,36D,37D,38D,39D,40D. The predicted octanol–water partition coefficient (Wildman–Crippen LogP) is 32.9. The Morgan fingerprint density at radius 2 is 0.536 bits per heavy atom. The Labute approximate surface area is 917 Å². The number of para-hydroxylation sites is 4. The molecule has 7 nitrogen and oxygen atoms in total. The van der Waals surface area contributed by atoms with Crippen molar-refractivity contribution in [1.29, 1.82) is 0 Å². The molecule has 10 heteroatoms. The molecule has 0 radical (unpaired) electrons. The van der Waals surface area contributed by atoms with Crippen LogP contribution in [0.5, 0.6) is 0 Å². The van der Waals surface area contributed by atoms with E-state index in [-0.39, 0.29) is 87.4 Å². The molecule has 0 atom stereocenters. The zero-order valence-electron chi connectivity index (χ0n) is 139. The Balaban J connectivity index is 0.000000218. The van der Waals surface area contributed by atoms with E-state index < -0.39 is 531 Å². The van der Waals surface area contributed by atoms with E-state index in [1.54, 1.807) is 125 Å². The minimum Gasteiger partial charge on any atom is -0.468 e. The summed E-state index contributed by atoms with van der Waals surface area (Å²) >= 11 is 0.791. The molecule has 0 spiro atoms. The molecule has 0 saturated carbocycles. The van der Waals surface area contributed by atoms with Gasteiger partial charge in [-0.05, 0) is 267 Å². The number of fused-ring (bicyclic) bond motifs is 12. The summed E-state index contributed by atoms with van der Waals surface area (Å²) in [6, 6.07) is -42.0. The lowest BCUT2D eigenvalue weighted by molar-refractivity contribution is 0.590. The zero-order valence-corrected chi connectivity index (χ0v) is 81.8. The second-order valence-corrected chi connectivity index (χ2v) is 42.8. The Bertz CT molecular complexity index is 10500. The highest BCUT2D eigenvalue weighted by molar-refractivity contribution is 7.33. The lowest BCUT2D eigenvalue weighted by Gasteiger charge is -2.44. The molecule has 0 fully saturated rings. The van der Waals surface area contributed by atoms with E-state index in [4.69, 9.17) is 29.1 Å². The number of hydrogen-bond donors (Lipinski definition) is 0. The minimum absolute atomic E-state index is 0.0110. The van der Waals surface area contributed by atoms with Crippen LogP contribution in [0, 0.1) is 0 Å². The van der Waals surface area contributed by atoms with Crippen LogP contribution in [-0.2, 0) is 43.3 Å². The lowest BCUT2D eigenvalue weighted by atomic mass is 9.35. The number of furan rings is 1. The van der Waals surface area contributed by atoms with Crippen molar-refractivity contribution in [1.82, 2.24) is 0 Å². The van der Waals surface area contributed by atoms with Gasteiger partial charge >= 0.3 is 0 Å². The molecule has 696 valence electrons. The van der Waals surface area contributed by atoms with Crippen LogP contribution < -0.4 is 61.7 Å². The van der Waals surface area contributed by atoms with Crippen molar-refractivity contribution < 1.29 is 83.9 Å². The molecule has 0 unspecified atom stereocenters. The topological polar surface area (TPSA) is 32.6 Å². The van der Waals surface area contributed by atoms with E-state index in [2.05, 4.69) is 0 Å². The van der Waals surface area contributed by atoms with Crippen LogP contribution in [0.2, 0.25) is 0 Å². The minimum atomic E-state index is -2.10. The van der Waals surface area contributed by atoms with Gasteiger partial charge in [-0.2, -0.15) is 0 Å². The van der Waals surface area contributed by atoms with Gasteiger partial charge in [0.2, 0.25) is 0 Å². The Morgan fingerprint density at radius 1 is 0.250 bits per heavy atom. The second-order valence-electron chi connectivity index (χ2n) is 41.8. The van der Waals surface area contributed by atoms with Crippen molar-refractivity contribution in [2.24, 2.45) is 0 Å². The molecule has 0 amide bonds. The summed E-state index contributed by atoms with van der Waals surface area (Å²) in [6.45, 7) is 31.6. The second kappa shape index (κ2) is 34.5. The van der Waals surface area contributed by atoms with Crippen LogP contribution in [0.15, 0.2) is 379 Å². The van der Waals surface area contributed by atoms with Crippen LogP contribution in [0.3, 0.4) is 0 Å². The third-order valence-corrected chi connectivity index (χ3v) is 26.2. The van der Waals surface area contributed by atoms with Crippen molar-refractivity contribution in [2.75, 3.05) is 29.4 Å². The van der Waals surface area contributed by atoms with E-state index in [9.17, 15) is 54.8 Å². The molecule has 4 aliphatic heterocycles. The third-order valence-electron chi connectivity index (χ3n) is 25.0. The largest absolute Gasteiger partial charge is 0.468 e. The average molecular weight is 1900 g/mol. The molecule has 0 aliphatic carbocycles. The van der Waals surface area contributed by atoms with Gasteiger partial charge in [0.25, 0.3) is 13.4 Å². The fraction of sp³-hybridized carbons (Fsp3) is 0.231. The molecular formula is C130H128B2N6OS. The highest BCUT2D eigenvalue weighted by Crippen LogP contribution is 2.56. The maximum absolute atomic E-state index is 10.9. The molecule has 0 bridgehead atoms. The number of nitrogens with zero attached hydrogens (tertiary/aromatic N) is 6. The maximum Gasteiger partial charge on any atom is 0.297 e.